The highest BCUT2D eigenvalue weighted by atomic mass is 16.4. The van der Waals surface area contributed by atoms with Crippen LogP contribution >= 0.6 is 0 Å². The average Bonchev–Trinajstić information content (AvgIpc) is 2.49. The molecule has 0 bridgehead atoms. The van der Waals surface area contributed by atoms with Crippen molar-refractivity contribution in [3.63, 3.8) is 0 Å². The first kappa shape index (κ1) is 15.3. The molecule has 0 unspecified atom stereocenters. The molecule has 21 heavy (non-hydrogen) atoms. The highest BCUT2D eigenvalue weighted by molar-refractivity contribution is 5.96. The summed E-state index contributed by atoms with van der Waals surface area (Å²) in [6.07, 6.45) is 5.46. The number of hydrogen-bond acceptors (Lipinski definition) is 2. The van der Waals surface area contributed by atoms with Crippen molar-refractivity contribution in [1.82, 2.24) is 0 Å². The van der Waals surface area contributed by atoms with E-state index in [9.17, 15) is 14.7 Å². The van der Waals surface area contributed by atoms with E-state index in [2.05, 4.69) is 5.32 Å². The molecule has 4 heteroatoms. The number of nitrogens with one attached hydrogen (secondary N) is 1. The summed E-state index contributed by atoms with van der Waals surface area (Å²) in [5.41, 5.74) is 2.89. The van der Waals surface area contributed by atoms with Gasteiger partial charge in [0.15, 0.2) is 0 Å². The fourth-order valence-electron chi connectivity index (χ4n) is 2.79. The lowest BCUT2D eigenvalue weighted by atomic mass is 9.82. The normalized spacial score (nSPS) is 21.0. The molecule has 2 N–H and O–H groups in total. The molecule has 1 aliphatic carbocycles. The molecular formula is C17H21NO3. The summed E-state index contributed by atoms with van der Waals surface area (Å²) in [4.78, 5) is 23.8. The molecule has 112 valence electrons. The number of carbonyl (C=O) groups is 2. The molecular weight excluding hydrogens is 266 g/mol. The minimum atomic E-state index is -0.903. The third-order valence-electron chi connectivity index (χ3n) is 4.07. The molecule has 0 heterocycles. The van der Waals surface area contributed by atoms with Crippen molar-refractivity contribution in [1.29, 1.82) is 0 Å². The van der Waals surface area contributed by atoms with Gasteiger partial charge in [-0.1, -0.05) is 37.3 Å². The predicted octanol–water partition coefficient (Wildman–Crippen LogP) is 3.16. The zero-order valence-electron chi connectivity index (χ0n) is 12.4. The number of carboxylic acid groups (broad SMARTS) is 1. The van der Waals surface area contributed by atoms with Crippen LogP contribution in [-0.4, -0.2) is 17.0 Å². The Bertz CT molecular complexity index is 577. The van der Waals surface area contributed by atoms with Crippen LogP contribution in [0, 0.1) is 18.8 Å². The summed E-state index contributed by atoms with van der Waals surface area (Å²) in [5.74, 6) is -2.24. The summed E-state index contributed by atoms with van der Waals surface area (Å²) in [7, 11) is 0. The van der Waals surface area contributed by atoms with Crippen LogP contribution < -0.4 is 5.32 Å². The molecule has 0 saturated carbocycles. The zero-order valence-corrected chi connectivity index (χ0v) is 12.4. The lowest BCUT2D eigenvalue weighted by molar-refractivity contribution is -0.146. The number of anilines is 1. The van der Waals surface area contributed by atoms with E-state index in [-0.39, 0.29) is 5.91 Å². The van der Waals surface area contributed by atoms with Gasteiger partial charge in [0, 0.05) is 5.69 Å². The number of amides is 1. The van der Waals surface area contributed by atoms with Crippen molar-refractivity contribution in [2.24, 2.45) is 11.8 Å². The van der Waals surface area contributed by atoms with Crippen molar-refractivity contribution in [2.75, 3.05) is 5.32 Å². The van der Waals surface area contributed by atoms with Crippen LogP contribution in [0.25, 0.3) is 0 Å². The molecule has 0 spiro atoms. The standard InChI is InChI=1S/C17H21NO3/c1-3-12-8-6-7-11(2)15(12)18-16(19)13-9-4-5-10-14(13)17(20)21/h4-8,13-14H,3,9-10H2,1-2H3,(H,18,19)(H,20,21)/t13-,14-/m1/s1. The fourth-order valence-corrected chi connectivity index (χ4v) is 2.79. The molecule has 4 nitrogen and oxygen atoms in total. The first-order chi connectivity index (χ1) is 10.0. The van der Waals surface area contributed by atoms with E-state index in [4.69, 9.17) is 0 Å². The summed E-state index contributed by atoms with van der Waals surface area (Å²) < 4.78 is 0. The largest absolute Gasteiger partial charge is 0.481 e. The summed E-state index contributed by atoms with van der Waals surface area (Å²) in [6, 6.07) is 5.90. The molecule has 0 fully saturated rings. The van der Waals surface area contributed by atoms with Gasteiger partial charge in [-0.2, -0.15) is 0 Å². The summed E-state index contributed by atoms with van der Waals surface area (Å²) in [5, 5.41) is 12.2. The van der Waals surface area contributed by atoms with E-state index in [1.807, 2.05) is 44.2 Å². The van der Waals surface area contributed by atoms with Crippen molar-refractivity contribution in [3.8, 4) is 0 Å². The Morgan fingerprint density at radius 3 is 2.52 bits per heavy atom. The number of rotatable bonds is 4. The number of aliphatic carboxylic acids is 1. The molecule has 1 amide bonds. The van der Waals surface area contributed by atoms with Gasteiger partial charge < -0.3 is 10.4 Å². The minimum absolute atomic E-state index is 0.198. The van der Waals surface area contributed by atoms with Crippen molar-refractivity contribution < 1.29 is 14.7 Å². The molecule has 0 aromatic heterocycles. The molecule has 1 aromatic carbocycles. The second-order valence-electron chi connectivity index (χ2n) is 5.45. The van der Waals surface area contributed by atoms with Crippen LogP contribution in [0.1, 0.15) is 30.9 Å². The average molecular weight is 287 g/mol. The second-order valence-corrected chi connectivity index (χ2v) is 5.45. The quantitative estimate of drug-likeness (QED) is 0.836. The van der Waals surface area contributed by atoms with Crippen LogP contribution in [0.3, 0.4) is 0 Å². The third-order valence-corrected chi connectivity index (χ3v) is 4.07. The van der Waals surface area contributed by atoms with E-state index < -0.39 is 17.8 Å². The van der Waals surface area contributed by atoms with Crippen LogP contribution in [0.15, 0.2) is 30.4 Å². The maximum atomic E-state index is 12.5. The first-order valence-electron chi connectivity index (χ1n) is 7.31. The first-order valence-corrected chi connectivity index (χ1v) is 7.31. The SMILES string of the molecule is CCc1cccc(C)c1NC(=O)[C@@H]1CC=CC[C@H]1C(=O)O. The van der Waals surface area contributed by atoms with Crippen LogP contribution in [0.2, 0.25) is 0 Å². The van der Waals surface area contributed by atoms with Crippen molar-refractivity contribution >= 4 is 17.6 Å². The number of allylic oxidation sites excluding steroid dienone is 2. The van der Waals surface area contributed by atoms with Gasteiger partial charge in [-0.25, -0.2) is 0 Å². The molecule has 2 rings (SSSR count). The smallest absolute Gasteiger partial charge is 0.307 e. The van der Waals surface area contributed by atoms with E-state index in [0.29, 0.717) is 12.8 Å². The monoisotopic (exact) mass is 287 g/mol. The van der Waals surface area contributed by atoms with E-state index in [0.717, 1.165) is 23.2 Å². The molecule has 2 atom stereocenters. The number of aryl methyl sites for hydroxylation is 2. The topological polar surface area (TPSA) is 66.4 Å². The van der Waals surface area contributed by atoms with Crippen LogP contribution in [0.5, 0.6) is 0 Å². The van der Waals surface area contributed by atoms with Crippen molar-refractivity contribution in [2.45, 2.75) is 33.1 Å². The summed E-state index contributed by atoms with van der Waals surface area (Å²) >= 11 is 0. The van der Waals surface area contributed by atoms with E-state index in [1.54, 1.807) is 0 Å². The molecule has 1 aliphatic rings. The van der Waals surface area contributed by atoms with Crippen LogP contribution in [-0.2, 0) is 16.0 Å². The van der Waals surface area contributed by atoms with Gasteiger partial charge in [0.2, 0.25) is 5.91 Å². The van der Waals surface area contributed by atoms with Gasteiger partial charge in [-0.05, 0) is 37.3 Å². The Hall–Kier alpha value is -2.10. The van der Waals surface area contributed by atoms with Crippen molar-refractivity contribution in [3.05, 3.63) is 41.5 Å². The van der Waals surface area contributed by atoms with E-state index >= 15 is 0 Å². The number of para-hydroxylation sites is 1. The predicted molar refractivity (Wildman–Crippen MR) is 82.2 cm³/mol. The number of hydrogen-bond donors (Lipinski definition) is 2. The summed E-state index contributed by atoms with van der Waals surface area (Å²) in [6.45, 7) is 3.98. The molecule has 1 aromatic rings. The maximum Gasteiger partial charge on any atom is 0.307 e. The highest BCUT2D eigenvalue weighted by Gasteiger charge is 2.34. The maximum absolute atomic E-state index is 12.5. The minimum Gasteiger partial charge on any atom is -0.481 e. The Morgan fingerprint density at radius 1 is 1.24 bits per heavy atom. The van der Waals surface area contributed by atoms with Gasteiger partial charge >= 0.3 is 5.97 Å². The number of carboxylic acids is 1. The highest BCUT2D eigenvalue weighted by Crippen LogP contribution is 2.29. The van der Waals surface area contributed by atoms with Gasteiger partial charge in [-0.15, -0.1) is 0 Å². The Balaban J connectivity index is 2.21. The zero-order chi connectivity index (χ0) is 15.4. The second kappa shape index (κ2) is 6.57. The Morgan fingerprint density at radius 2 is 1.90 bits per heavy atom. The molecule has 0 saturated heterocycles. The van der Waals surface area contributed by atoms with Gasteiger partial charge in [0.05, 0.1) is 11.8 Å². The number of benzene rings is 1. The lowest BCUT2D eigenvalue weighted by Gasteiger charge is -2.25. The van der Waals surface area contributed by atoms with Gasteiger partial charge in [0.1, 0.15) is 0 Å². The fraction of sp³-hybridized carbons (Fsp3) is 0.412. The Kier molecular flexibility index (Phi) is 4.78. The Labute approximate surface area is 124 Å². The lowest BCUT2D eigenvalue weighted by Crippen LogP contribution is -2.35. The van der Waals surface area contributed by atoms with Gasteiger partial charge in [-0.3, -0.25) is 9.59 Å². The van der Waals surface area contributed by atoms with Crippen LogP contribution in [0.4, 0.5) is 5.69 Å². The molecule has 0 radical (unpaired) electrons. The number of carbonyl (C=O) groups excluding carboxylic acids is 1. The molecule has 0 aliphatic heterocycles. The van der Waals surface area contributed by atoms with E-state index in [1.165, 1.54) is 0 Å². The third kappa shape index (κ3) is 3.32. The van der Waals surface area contributed by atoms with Gasteiger partial charge in [0.25, 0.3) is 0 Å².